The molecule has 0 aromatic heterocycles. The predicted octanol–water partition coefficient (Wildman–Crippen LogP) is 3.32. The first-order valence-corrected chi connectivity index (χ1v) is 5.84. The van der Waals surface area contributed by atoms with Gasteiger partial charge in [0.25, 0.3) is 0 Å². The summed E-state index contributed by atoms with van der Waals surface area (Å²) in [7, 11) is 0. The van der Waals surface area contributed by atoms with Crippen molar-refractivity contribution in [2.45, 2.75) is 52.9 Å². The Hall–Kier alpha value is -0.840. The van der Waals surface area contributed by atoms with Crippen molar-refractivity contribution < 1.29 is 4.79 Å². The van der Waals surface area contributed by atoms with E-state index in [1.54, 1.807) is 0 Å². The van der Waals surface area contributed by atoms with E-state index in [2.05, 4.69) is 26.8 Å². The lowest BCUT2D eigenvalue weighted by Crippen LogP contribution is -2.34. The summed E-state index contributed by atoms with van der Waals surface area (Å²) in [5.41, 5.74) is 0.265. The molecule has 0 radical (unpaired) electrons. The van der Waals surface area contributed by atoms with Gasteiger partial charge in [-0.25, -0.2) is 0 Å². The highest BCUT2D eigenvalue weighted by Gasteiger charge is 2.36. The van der Waals surface area contributed by atoms with E-state index in [1.165, 1.54) is 0 Å². The van der Waals surface area contributed by atoms with Crippen LogP contribution in [0, 0.1) is 28.6 Å². The highest BCUT2D eigenvalue weighted by atomic mass is 16.1. The number of Topliss-reactive ketones (excluding diaryl/α,β-unsaturated/α-hetero) is 1. The van der Waals surface area contributed by atoms with Crippen LogP contribution in [0.2, 0.25) is 0 Å². The van der Waals surface area contributed by atoms with Gasteiger partial charge < -0.3 is 0 Å². The van der Waals surface area contributed by atoms with Gasteiger partial charge in [-0.15, -0.1) is 0 Å². The number of nitrogens with zero attached hydrogens (tertiary/aromatic N) is 1. The van der Waals surface area contributed by atoms with E-state index in [0.29, 0.717) is 30.5 Å². The van der Waals surface area contributed by atoms with Gasteiger partial charge >= 0.3 is 0 Å². The number of hydrogen-bond donors (Lipinski definition) is 0. The monoisotopic (exact) mass is 207 g/mol. The summed E-state index contributed by atoms with van der Waals surface area (Å²) in [6.07, 6.45) is 3.93. The van der Waals surface area contributed by atoms with Crippen LogP contribution in [-0.4, -0.2) is 5.78 Å². The fraction of sp³-hybridized carbons (Fsp3) is 0.846. The largest absolute Gasteiger partial charge is 0.300 e. The van der Waals surface area contributed by atoms with Crippen LogP contribution in [0.5, 0.6) is 0 Å². The normalized spacial score (nSPS) is 27.5. The van der Waals surface area contributed by atoms with Gasteiger partial charge in [0, 0.05) is 19.3 Å². The van der Waals surface area contributed by atoms with Gasteiger partial charge in [0.2, 0.25) is 0 Å². The van der Waals surface area contributed by atoms with E-state index >= 15 is 0 Å². The summed E-state index contributed by atoms with van der Waals surface area (Å²) in [5.74, 6) is 1.42. The Morgan fingerprint density at radius 3 is 2.67 bits per heavy atom. The molecule has 0 unspecified atom stereocenters. The maximum Gasteiger partial charge on any atom is 0.133 e. The molecule has 0 bridgehead atoms. The van der Waals surface area contributed by atoms with Crippen molar-refractivity contribution in [3.05, 3.63) is 0 Å². The molecule has 0 aromatic rings. The molecule has 0 aromatic carbocycles. The molecule has 1 aliphatic rings. The van der Waals surface area contributed by atoms with Gasteiger partial charge in [-0.3, -0.25) is 4.79 Å². The molecule has 0 spiro atoms. The molecule has 1 saturated carbocycles. The standard InChI is InChI=1S/C13H21NO/c1-13(2,3)12-7-6-11(15)9-10(12)5-4-8-14/h10,12H,4-7,9H2,1-3H3/t10-,12+/m0/s1. The van der Waals surface area contributed by atoms with Crippen molar-refractivity contribution in [1.29, 1.82) is 5.26 Å². The minimum atomic E-state index is 0.265. The highest BCUT2D eigenvalue weighted by molar-refractivity contribution is 5.79. The Labute approximate surface area is 92.7 Å². The van der Waals surface area contributed by atoms with E-state index in [1.807, 2.05) is 0 Å². The number of nitriles is 1. The predicted molar refractivity (Wildman–Crippen MR) is 60.1 cm³/mol. The summed E-state index contributed by atoms with van der Waals surface area (Å²) in [6.45, 7) is 6.73. The summed E-state index contributed by atoms with van der Waals surface area (Å²) < 4.78 is 0. The Morgan fingerprint density at radius 2 is 2.13 bits per heavy atom. The summed E-state index contributed by atoms with van der Waals surface area (Å²) >= 11 is 0. The Bertz CT molecular complexity index is 269. The van der Waals surface area contributed by atoms with Crippen LogP contribution >= 0.6 is 0 Å². The first-order valence-electron chi connectivity index (χ1n) is 5.84. The third-order valence-electron chi connectivity index (χ3n) is 3.53. The third kappa shape index (κ3) is 3.34. The molecule has 1 fully saturated rings. The van der Waals surface area contributed by atoms with Crippen LogP contribution in [0.25, 0.3) is 0 Å². The van der Waals surface area contributed by atoms with Crippen molar-refractivity contribution in [3.63, 3.8) is 0 Å². The number of ketones is 1. The van der Waals surface area contributed by atoms with Gasteiger partial charge in [0.1, 0.15) is 5.78 Å². The number of rotatable bonds is 2. The van der Waals surface area contributed by atoms with Gasteiger partial charge in [-0.2, -0.15) is 5.26 Å². The van der Waals surface area contributed by atoms with Crippen molar-refractivity contribution in [3.8, 4) is 6.07 Å². The van der Waals surface area contributed by atoms with E-state index in [9.17, 15) is 4.79 Å². The van der Waals surface area contributed by atoms with Gasteiger partial charge in [-0.1, -0.05) is 20.8 Å². The maximum atomic E-state index is 11.4. The van der Waals surface area contributed by atoms with Crippen LogP contribution in [0.3, 0.4) is 0 Å². The Kier molecular flexibility index (Phi) is 3.90. The SMILES string of the molecule is CC(C)(C)[C@@H]1CCC(=O)C[C@@H]1CCC#N. The average molecular weight is 207 g/mol. The zero-order valence-corrected chi connectivity index (χ0v) is 10.0. The Morgan fingerprint density at radius 1 is 1.47 bits per heavy atom. The van der Waals surface area contributed by atoms with E-state index in [4.69, 9.17) is 5.26 Å². The Balaban J connectivity index is 2.67. The smallest absolute Gasteiger partial charge is 0.133 e. The topological polar surface area (TPSA) is 40.9 Å². The summed E-state index contributed by atoms with van der Waals surface area (Å²) in [6, 6.07) is 2.19. The van der Waals surface area contributed by atoms with Crippen molar-refractivity contribution in [2.75, 3.05) is 0 Å². The third-order valence-corrected chi connectivity index (χ3v) is 3.53. The minimum Gasteiger partial charge on any atom is -0.300 e. The molecule has 0 saturated heterocycles. The second-order valence-corrected chi connectivity index (χ2v) is 5.71. The molecule has 2 nitrogen and oxygen atoms in total. The number of carbonyl (C=O) groups excluding carboxylic acids is 1. The molecule has 2 atom stereocenters. The molecule has 84 valence electrons. The highest BCUT2D eigenvalue weighted by Crippen LogP contribution is 2.42. The minimum absolute atomic E-state index is 0.265. The first-order chi connectivity index (χ1) is 6.95. The lowest BCUT2D eigenvalue weighted by atomic mass is 9.65. The zero-order valence-electron chi connectivity index (χ0n) is 10.0. The van der Waals surface area contributed by atoms with Crippen molar-refractivity contribution in [1.82, 2.24) is 0 Å². The lowest BCUT2D eigenvalue weighted by Gasteiger charge is -2.39. The van der Waals surface area contributed by atoms with E-state index in [-0.39, 0.29) is 5.41 Å². The second kappa shape index (κ2) is 4.79. The van der Waals surface area contributed by atoms with Crippen LogP contribution in [-0.2, 0) is 4.79 Å². The van der Waals surface area contributed by atoms with Crippen LogP contribution in [0.4, 0.5) is 0 Å². The number of carbonyl (C=O) groups is 1. The maximum absolute atomic E-state index is 11.4. The fourth-order valence-electron chi connectivity index (χ4n) is 2.78. The van der Waals surface area contributed by atoms with Crippen LogP contribution < -0.4 is 0 Å². The molecule has 15 heavy (non-hydrogen) atoms. The zero-order chi connectivity index (χ0) is 11.5. The number of hydrogen-bond acceptors (Lipinski definition) is 2. The average Bonchev–Trinajstić information content (AvgIpc) is 2.12. The molecule has 0 N–H and O–H groups in total. The molecule has 1 rings (SSSR count). The van der Waals surface area contributed by atoms with Gasteiger partial charge in [0.05, 0.1) is 6.07 Å². The van der Waals surface area contributed by atoms with Gasteiger partial charge in [-0.05, 0) is 30.1 Å². The molecule has 2 heteroatoms. The second-order valence-electron chi connectivity index (χ2n) is 5.71. The van der Waals surface area contributed by atoms with E-state index in [0.717, 1.165) is 19.3 Å². The first kappa shape index (κ1) is 12.2. The molecule has 0 heterocycles. The van der Waals surface area contributed by atoms with E-state index < -0.39 is 0 Å². The lowest BCUT2D eigenvalue weighted by molar-refractivity contribution is -0.124. The van der Waals surface area contributed by atoms with Crippen molar-refractivity contribution >= 4 is 5.78 Å². The summed E-state index contributed by atoms with van der Waals surface area (Å²) in [5, 5.41) is 8.62. The molecule has 0 aliphatic heterocycles. The van der Waals surface area contributed by atoms with Crippen LogP contribution in [0.15, 0.2) is 0 Å². The quantitative estimate of drug-likeness (QED) is 0.697. The molecular weight excluding hydrogens is 186 g/mol. The molecule has 1 aliphatic carbocycles. The van der Waals surface area contributed by atoms with Crippen LogP contribution in [0.1, 0.15) is 52.9 Å². The summed E-state index contributed by atoms with van der Waals surface area (Å²) in [4.78, 5) is 11.4. The fourth-order valence-corrected chi connectivity index (χ4v) is 2.78. The molecular formula is C13H21NO. The molecule has 0 amide bonds. The van der Waals surface area contributed by atoms with Gasteiger partial charge in [0.15, 0.2) is 0 Å². The van der Waals surface area contributed by atoms with Crippen molar-refractivity contribution in [2.24, 2.45) is 17.3 Å².